The molecule has 0 radical (unpaired) electrons. The molecule has 0 fully saturated rings. The molecule has 1 aromatic heterocycles. The quantitative estimate of drug-likeness (QED) is 0.670. The van der Waals surface area contributed by atoms with E-state index in [0.717, 1.165) is 11.3 Å². The Labute approximate surface area is 155 Å². The Balaban J connectivity index is 1.84. The second kappa shape index (κ2) is 7.99. The lowest BCUT2D eigenvalue weighted by atomic mass is 10.1. The molecule has 0 bridgehead atoms. The fourth-order valence-corrected chi connectivity index (χ4v) is 2.89. The highest BCUT2D eigenvalue weighted by Gasteiger charge is 2.22. The van der Waals surface area contributed by atoms with E-state index < -0.39 is 5.76 Å². The molecular formula is C20H20FN3O3. The molecule has 3 aromatic rings. The molecule has 0 aliphatic carbocycles. The minimum atomic E-state index is -0.697. The fourth-order valence-electron chi connectivity index (χ4n) is 2.89. The van der Waals surface area contributed by atoms with Crippen LogP contribution in [-0.2, 0) is 17.8 Å². The van der Waals surface area contributed by atoms with Gasteiger partial charge in [0.25, 0.3) is 0 Å². The van der Waals surface area contributed by atoms with Crippen LogP contribution in [0.25, 0.3) is 0 Å². The molecule has 0 spiro atoms. The second-order valence-electron chi connectivity index (χ2n) is 6.45. The van der Waals surface area contributed by atoms with Gasteiger partial charge in [0, 0.05) is 18.2 Å². The lowest BCUT2D eigenvalue weighted by Gasteiger charge is -2.27. The van der Waals surface area contributed by atoms with Crippen molar-refractivity contribution in [2.75, 3.05) is 4.90 Å². The predicted octanol–water partition coefficient (Wildman–Crippen LogP) is 3.01. The van der Waals surface area contributed by atoms with Gasteiger partial charge in [0.15, 0.2) is 5.82 Å². The summed E-state index contributed by atoms with van der Waals surface area (Å²) in [6, 6.07) is 15.0. The fraction of sp³-hybridized carbons (Fsp3) is 0.250. The van der Waals surface area contributed by atoms with Crippen LogP contribution in [0.4, 0.5) is 10.1 Å². The normalized spacial score (nSPS) is 11.0. The van der Waals surface area contributed by atoms with Crippen LogP contribution in [0, 0.1) is 5.82 Å². The number of amides is 1. The van der Waals surface area contributed by atoms with E-state index in [1.807, 2.05) is 44.2 Å². The molecule has 7 heteroatoms. The smallest absolute Gasteiger partial charge is 0.308 e. The van der Waals surface area contributed by atoms with Gasteiger partial charge < -0.3 is 4.90 Å². The van der Waals surface area contributed by atoms with Crippen molar-refractivity contribution in [3.63, 3.8) is 0 Å². The summed E-state index contributed by atoms with van der Waals surface area (Å²) in [7, 11) is 0. The van der Waals surface area contributed by atoms with E-state index in [9.17, 15) is 14.0 Å². The van der Waals surface area contributed by atoms with Gasteiger partial charge in [-0.05, 0) is 43.7 Å². The summed E-state index contributed by atoms with van der Waals surface area (Å²) in [5, 5.41) is 3.77. The van der Waals surface area contributed by atoms with Crippen molar-refractivity contribution in [2.45, 2.75) is 32.9 Å². The van der Waals surface area contributed by atoms with Gasteiger partial charge in [-0.3, -0.25) is 13.9 Å². The van der Waals surface area contributed by atoms with E-state index in [4.69, 9.17) is 4.52 Å². The first-order valence-electron chi connectivity index (χ1n) is 8.62. The molecular weight excluding hydrogens is 349 g/mol. The number of para-hydroxylation sites is 1. The summed E-state index contributed by atoms with van der Waals surface area (Å²) >= 11 is 0. The van der Waals surface area contributed by atoms with E-state index in [1.165, 1.54) is 16.7 Å². The summed E-state index contributed by atoms with van der Waals surface area (Å²) in [4.78, 5) is 26.6. The maximum atomic E-state index is 13.1. The van der Waals surface area contributed by atoms with Crippen molar-refractivity contribution in [2.24, 2.45) is 0 Å². The second-order valence-corrected chi connectivity index (χ2v) is 6.45. The van der Waals surface area contributed by atoms with Gasteiger partial charge in [0.1, 0.15) is 12.4 Å². The number of hydrogen-bond acceptors (Lipinski definition) is 4. The van der Waals surface area contributed by atoms with Crippen LogP contribution in [0.2, 0.25) is 0 Å². The highest BCUT2D eigenvalue weighted by Crippen LogP contribution is 2.17. The average molecular weight is 369 g/mol. The van der Waals surface area contributed by atoms with Crippen LogP contribution < -0.4 is 10.7 Å². The number of nitrogens with zero attached hydrogens (tertiary/aromatic N) is 3. The average Bonchev–Trinajstić information content (AvgIpc) is 2.98. The SMILES string of the molecule is CC(C)N(C(=O)Cn1c(Cc2ccc(F)cc2)noc1=O)c1ccccc1. The molecule has 140 valence electrons. The lowest BCUT2D eigenvalue weighted by molar-refractivity contribution is -0.119. The Morgan fingerprint density at radius 3 is 2.44 bits per heavy atom. The summed E-state index contributed by atoms with van der Waals surface area (Å²) in [5.41, 5.74) is 1.51. The lowest BCUT2D eigenvalue weighted by Crippen LogP contribution is -2.40. The van der Waals surface area contributed by atoms with Crippen LogP contribution in [0.15, 0.2) is 63.9 Å². The zero-order chi connectivity index (χ0) is 19.4. The summed E-state index contributed by atoms with van der Waals surface area (Å²) in [6.07, 6.45) is 0.256. The van der Waals surface area contributed by atoms with Gasteiger partial charge >= 0.3 is 5.76 Å². The molecule has 0 atom stereocenters. The number of aromatic nitrogens is 2. The van der Waals surface area contributed by atoms with Crippen molar-refractivity contribution in [1.82, 2.24) is 9.72 Å². The monoisotopic (exact) mass is 369 g/mol. The van der Waals surface area contributed by atoms with Gasteiger partial charge in [-0.15, -0.1) is 0 Å². The highest BCUT2D eigenvalue weighted by molar-refractivity contribution is 5.93. The molecule has 3 rings (SSSR count). The van der Waals surface area contributed by atoms with Crippen LogP contribution in [0.3, 0.4) is 0 Å². The van der Waals surface area contributed by atoms with Crippen molar-refractivity contribution in [1.29, 1.82) is 0 Å². The van der Waals surface area contributed by atoms with E-state index in [-0.39, 0.29) is 30.7 Å². The first kappa shape index (κ1) is 18.6. The van der Waals surface area contributed by atoms with Crippen LogP contribution >= 0.6 is 0 Å². The van der Waals surface area contributed by atoms with Crippen molar-refractivity contribution in [3.05, 3.63) is 82.4 Å². The maximum Gasteiger partial charge on any atom is 0.442 e. The van der Waals surface area contributed by atoms with E-state index in [1.54, 1.807) is 17.0 Å². The molecule has 0 saturated heterocycles. The molecule has 0 aliphatic rings. The minimum Gasteiger partial charge on any atom is -0.308 e. The largest absolute Gasteiger partial charge is 0.442 e. The first-order chi connectivity index (χ1) is 13.0. The van der Waals surface area contributed by atoms with E-state index in [0.29, 0.717) is 5.82 Å². The third kappa shape index (κ3) is 4.31. The minimum absolute atomic E-state index is 0.0870. The van der Waals surface area contributed by atoms with Crippen molar-refractivity contribution >= 4 is 11.6 Å². The zero-order valence-corrected chi connectivity index (χ0v) is 15.1. The Morgan fingerprint density at radius 1 is 1.15 bits per heavy atom. The van der Waals surface area contributed by atoms with Gasteiger partial charge in [0.2, 0.25) is 5.91 Å². The molecule has 1 heterocycles. The van der Waals surface area contributed by atoms with Gasteiger partial charge in [-0.2, -0.15) is 0 Å². The predicted molar refractivity (Wildman–Crippen MR) is 99.0 cm³/mol. The van der Waals surface area contributed by atoms with E-state index >= 15 is 0 Å². The van der Waals surface area contributed by atoms with Crippen molar-refractivity contribution in [3.8, 4) is 0 Å². The van der Waals surface area contributed by atoms with Crippen molar-refractivity contribution < 1.29 is 13.7 Å². The number of rotatable bonds is 6. The first-order valence-corrected chi connectivity index (χ1v) is 8.62. The molecule has 0 aliphatic heterocycles. The molecule has 27 heavy (non-hydrogen) atoms. The Hall–Kier alpha value is -3.22. The van der Waals surface area contributed by atoms with E-state index in [2.05, 4.69) is 5.16 Å². The Bertz CT molecular complexity index is 962. The number of benzene rings is 2. The molecule has 0 unspecified atom stereocenters. The highest BCUT2D eigenvalue weighted by atomic mass is 19.1. The van der Waals surface area contributed by atoms with Crippen LogP contribution in [0.1, 0.15) is 25.2 Å². The number of carbonyl (C=O) groups excluding carboxylic acids is 1. The zero-order valence-electron chi connectivity index (χ0n) is 15.1. The topological polar surface area (TPSA) is 68.3 Å². The summed E-state index contributed by atoms with van der Waals surface area (Å²) in [6.45, 7) is 3.62. The van der Waals surface area contributed by atoms with Gasteiger partial charge in [0.05, 0.1) is 0 Å². The number of hydrogen-bond donors (Lipinski definition) is 0. The summed E-state index contributed by atoms with van der Waals surface area (Å²) in [5.74, 6) is -0.974. The molecule has 1 amide bonds. The maximum absolute atomic E-state index is 13.1. The standard InChI is InChI=1S/C20H20FN3O3/c1-14(2)24(17-6-4-3-5-7-17)19(25)13-23-18(22-27-20(23)26)12-15-8-10-16(21)11-9-15/h3-11,14H,12-13H2,1-2H3. The third-order valence-electron chi connectivity index (χ3n) is 4.15. The van der Waals surface area contributed by atoms with Gasteiger partial charge in [-0.1, -0.05) is 35.5 Å². The van der Waals surface area contributed by atoms with Crippen LogP contribution in [-0.4, -0.2) is 21.7 Å². The molecule has 2 aromatic carbocycles. The molecule has 0 N–H and O–H groups in total. The molecule has 0 saturated carbocycles. The molecule has 6 nitrogen and oxygen atoms in total. The van der Waals surface area contributed by atoms with Gasteiger partial charge in [-0.25, -0.2) is 9.18 Å². The summed E-state index contributed by atoms with van der Waals surface area (Å²) < 4.78 is 19.0. The Kier molecular flexibility index (Phi) is 5.49. The number of halogens is 1. The number of anilines is 1. The third-order valence-corrected chi connectivity index (χ3v) is 4.15. The Morgan fingerprint density at radius 2 is 1.81 bits per heavy atom. The number of carbonyl (C=O) groups is 1. The van der Waals surface area contributed by atoms with Crippen LogP contribution in [0.5, 0.6) is 0 Å².